The molecule has 0 spiro atoms. The van der Waals surface area contributed by atoms with Gasteiger partial charge in [-0.15, -0.1) is 0 Å². The normalized spacial score (nSPS) is 14.5. The van der Waals surface area contributed by atoms with E-state index in [9.17, 15) is 5.11 Å². The Morgan fingerprint density at radius 2 is 1.90 bits per heavy atom. The molecule has 0 amide bonds. The third-order valence-electron chi connectivity index (χ3n) is 3.21. The minimum Gasteiger partial charge on any atom is -0.508 e. The summed E-state index contributed by atoms with van der Waals surface area (Å²) in [7, 11) is 0. The Kier molecular flexibility index (Phi) is 3.59. The number of thiol groups is 1. The molecule has 5 heteroatoms. The molecule has 0 unspecified atom stereocenters. The number of aromatic hydroxyl groups is 1. The summed E-state index contributed by atoms with van der Waals surface area (Å²) in [5.74, 6) is 0.241. The predicted octanol–water partition coefficient (Wildman–Crippen LogP) is 3.55. The Morgan fingerprint density at radius 3 is 2.65 bits per heavy atom. The van der Waals surface area contributed by atoms with Gasteiger partial charge in [0.05, 0.1) is 17.9 Å². The van der Waals surface area contributed by atoms with Crippen LogP contribution < -0.4 is 4.31 Å². The van der Waals surface area contributed by atoms with E-state index in [-0.39, 0.29) is 5.75 Å². The minimum atomic E-state index is 0.241. The molecule has 102 valence electrons. The zero-order valence-corrected chi connectivity index (χ0v) is 12.3. The SMILES string of the molecule is Oc1ccc(C2=NCCN(S)c3ccc(Cl)cc32)cc1. The van der Waals surface area contributed by atoms with Crippen LogP contribution in [0.4, 0.5) is 5.69 Å². The summed E-state index contributed by atoms with van der Waals surface area (Å²) in [6.45, 7) is 1.39. The first-order valence-electron chi connectivity index (χ1n) is 6.25. The number of benzodiazepines with no additional fused rings is 1. The number of halogens is 1. The van der Waals surface area contributed by atoms with E-state index in [2.05, 4.69) is 17.8 Å². The van der Waals surface area contributed by atoms with E-state index < -0.39 is 0 Å². The molecule has 3 nitrogen and oxygen atoms in total. The van der Waals surface area contributed by atoms with Gasteiger partial charge in [0.1, 0.15) is 5.75 Å². The van der Waals surface area contributed by atoms with Crippen LogP contribution in [0.1, 0.15) is 11.1 Å². The lowest BCUT2D eigenvalue weighted by atomic mass is 10.0. The largest absolute Gasteiger partial charge is 0.508 e. The van der Waals surface area contributed by atoms with Gasteiger partial charge >= 0.3 is 0 Å². The molecular formula is C15H13ClN2OS. The van der Waals surface area contributed by atoms with Crippen molar-refractivity contribution in [1.82, 2.24) is 0 Å². The summed E-state index contributed by atoms with van der Waals surface area (Å²) >= 11 is 10.6. The molecule has 20 heavy (non-hydrogen) atoms. The van der Waals surface area contributed by atoms with Crippen molar-refractivity contribution in [3.05, 3.63) is 58.6 Å². The average molecular weight is 305 g/mol. The molecular weight excluding hydrogens is 292 g/mol. The summed E-state index contributed by atoms with van der Waals surface area (Å²) in [5, 5.41) is 10.1. The van der Waals surface area contributed by atoms with Gasteiger partial charge in [0.25, 0.3) is 0 Å². The van der Waals surface area contributed by atoms with Gasteiger partial charge in [-0.2, -0.15) is 0 Å². The Hall–Kier alpha value is -1.65. The average Bonchev–Trinajstić information content (AvgIpc) is 2.59. The van der Waals surface area contributed by atoms with Crippen LogP contribution in [0.15, 0.2) is 47.5 Å². The van der Waals surface area contributed by atoms with E-state index in [1.165, 1.54) is 0 Å². The van der Waals surface area contributed by atoms with Crippen LogP contribution in [0.25, 0.3) is 0 Å². The maximum absolute atomic E-state index is 9.41. The molecule has 0 fully saturated rings. The molecule has 0 aliphatic carbocycles. The van der Waals surface area contributed by atoms with Crippen LogP contribution in [-0.2, 0) is 0 Å². The van der Waals surface area contributed by atoms with Gasteiger partial charge < -0.3 is 9.41 Å². The Bertz CT molecular complexity index is 670. The highest BCUT2D eigenvalue weighted by atomic mass is 35.5. The number of anilines is 1. The maximum atomic E-state index is 9.41. The van der Waals surface area contributed by atoms with E-state index in [4.69, 9.17) is 11.6 Å². The van der Waals surface area contributed by atoms with Crippen LogP contribution in [0.3, 0.4) is 0 Å². The fourth-order valence-corrected chi connectivity index (χ4v) is 2.69. The summed E-state index contributed by atoms with van der Waals surface area (Å²) in [4.78, 5) is 4.64. The Labute approximate surface area is 128 Å². The van der Waals surface area contributed by atoms with E-state index in [1.807, 2.05) is 34.6 Å². The van der Waals surface area contributed by atoms with Gasteiger partial charge in [0.15, 0.2) is 0 Å². The third-order valence-corrected chi connectivity index (χ3v) is 3.86. The van der Waals surface area contributed by atoms with Gasteiger partial charge in [0, 0.05) is 22.7 Å². The molecule has 0 radical (unpaired) electrons. The molecule has 0 bridgehead atoms. The molecule has 0 saturated carbocycles. The summed E-state index contributed by atoms with van der Waals surface area (Å²) in [5.41, 5.74) is 3.77. The minimum absolute atomic E-state index is 0.241. The van der Waals surface area contributed by atoms with E-state index in [1.54, 1.807) is 12.1 Å². The van der Waals surface area contributed by atoms with Crippen molar-refractivity contribution in [2.75, 3.05) is 17.4 Å². The second-order valence-corrected chi connectivity index (χ2v) is 5.48. The standard InChI is InChI=1S/C15H13ClN2OS/c16-11-3-6-14-13(9-11)15(17-7-8-18(14)20)10-1-4-12(19)5-2-10/h1-6,9,19-20H,7-8H2. The molecule has 0 atom stereocenters. The number of phenols is 1. The van der Waals surface area contributed by atoms with Gasteiger partial charge in [-0.3, -0.25) is 4.99 Å². The first kappa shape index (κ1) is 13.3. The number of aliphatic imine (C=N–C) groups is 1. The highest BCUT2D eigenvalue weighted by Gasteiger charge is 2.18. The zero-order chi connectivity index (χ0) is 14.1. The van der Waals surface area contributed by atoms with Crippen molar-refractivity contribution in [1.29, 1.82) is 0 Å². The van der Waals surface area contributed by atoms with E-state index >= 15 is 0 Å². The third kappa shape index (κ3) is 2.49. The number of rotatable bonds is 1. The lowest BCUT2D eigenvalue weighted by Crippen LogP contribution is -2.14. The van der Waals surface area contributed by atoms with E-state index in [0.29, 0.717) is 11.6 Å². The first-order chi connectivity index (χ1) is 9.65. The summed E-state index contributed by atoms with van der Waals surface area (Å²) in [6.07, 6.45) is 0. The van der Waals surface area contributed by atoms with Crippen molar-refractivity contribution < 1.29 is 5.11 Å². The maximum Gasteiger partial charge on any atom is 0.115 e. The second kappa shape index (κ2) is 5.38. The molecule has 0 aromatic heterocycles. The predicted molar refractivity (Wildman–Crippen MR) is 86.4 cm³/mol. The Morgan fingerprint density at radius 1 is 1.15 bits per heavy atom. The van der Waals surface area contributed by atoms with Gasteiger partial charge in [-0.25, -0.2) is 0 Å². The van der Waals surface area contributed by atoms with Crippen molar-refractivity contribution in [2.45, 2.75) is 0 Å². The lowest BCUT2D eigenvalue weighted by Gasteiger charge is -2.18. The molecule has 3 rings (SSSR count). The fourth-order valence-electron chi connectivity index (χ4n) is 2.25. The highest BCUT2D eigenvalue weighted by molar-refractivity contribution is 7.81. The number of phenolic OH excluding ortho intramolecular Hbond substituents is 1. The number of nitrogens with zero attached hydrogens (tertiary/aromatic N) is 2. The van der Waals surface area contributed by atoms with Crippen LogP contribution in [0, 0.1) is 0 Å². The van der Waals surface area contributed by atoms with Crippen molar-refractivity contribution in [3.63, 3.8) is 0 Å². The fraction of sp³-hybridized carbons (Fsp3) is 0.133. The van der Waals surface area contributed by atoms with Crippen molar-refractivity contribution in [3.8, 4) is 5.75 Å². The molecule has 2 aromatic carbocycles. The lowest BCUT2D eigenvalue weighted by molar-refractivity contribution is 0.475. The topological polar surface area (TPSA) is 35.8 Å². The van der Waals surface area contributed by atoms with Gasteiger partial charge in [-0.1, -0.05) is 24.4 Å². The molecule has 2 aromatic rings. The molecule has 1 N–H and O–H groups in total. The monoisotopic (exact) mass is 304 g/mol. The van der Waals surface area contributed by atoms with Crippen molar-refractivity contribution >= 4 is 35.8 Å². The van der Waals surface area contributed by atoms with Crippen molar-refractivity contribution in [2.24, 2.45) is 4.99 Å². The second-order valence-electron chi connectivity index (χ2n) is 4.56. The van der Waals surface area contributed by atoms with Gasteiger partial charge in [0.2, 0.25) is 0 Å². The molecule has 1 heterocycles. The van der Waals surface area contributed by atoms with Crippen LogP contribution >= 0.6 is 24.4 Å². The molecule has 0 saturated heterocycles. The number of hydrogen-bond donors (Lipinski definition) is 2. The first-order valence-corrected chi connectivity index (χ1v) is 7.03. The highest BCUT2D eigenvalue weighted by Crippen LogP contribution is 2.30. The number of benzene rings is 2. The zero-order valence-electron chi connectivity index (χ0n) is 10.6. The molecule has 1 aliphatic rings. The number of fused-ring (bicyclic) bond motifs is 1. The number of hydrogen-bond acceptors (Lipinski definition) is 4. The van der Waals surface area contributed by atoms with Crippen LogP contribution in [0.2, 0.25) is 5.02 Å². The smallest absolute Gasteiger partial charge is 0.115 e. The van der Waals surface area contributed by atoms with Crippen LogP contribution in [-0.4, -0.2) is 23.9 Å². The van der Waals surface area contributed by atoms with E-state index in [0.717, 1.165) is 29.1 Å². The summed E-state index contributed by atoms with van der Waals surface area (Å²) < 4.78 is 1.88. The van der Waals surface area contributed by atoms with Gasteiger partial charge in [-0.05, 0) is 42.5 Å². The van der Waals surface area contributed by atoms with Crippen LogP contribution in [0.5, 0.6) is 5.75 Å². The Balaban J connectivity index is 2.16. The summed E-state index contributed by atoms with van der Waals surface area (Å²) in [6, 6.07) is 12.7. The molecule has 1 aliphatic heterocycles. The quantitative estimate of drug-likeness (QED) is 0.790.